The van der Waals surface area contributed by atoms with Crippen molar-refractivity contribution in [3.05, 3.63) is 69.9 Å². The fourth-order valence-corrected chi connectivity index (χ4v) is 3.50. The number of benzene rings is 2. The van der Waals surface area contributed by atoms with Gasteiger partial charge in [0.05, 0.1) is 22.3 Å². The van der Waals surface area contributed by atoms with Crippen molar-refractivity contribution in [1.82, 2.24) is 15.6 Å². The smallest absolute Gasteiger partial charge is 0.274 e. The minimum absolute atomic E-state index is 0.173. The number of aryl methyl sites for hydroxylation is 2. The van der Waals surface area contributed by atoms with Gasteiger partial charge < -0.3 is 5.32 Å². The first-order chi connectivity index (χ1) is 12.6. The lowest BCUT2D eigenvalue weighted by Gasteiger charge is -2.03. The van der Waals surface area contributed by atoms with Gasteiger partial charge in [-0.05, 0) is 54.3 Å². The van der Waals surface area contributed by atoms with Gasteiger partial charge in [-0.25, -0.2) is 9.98 Å². The lowest BCUT2D eigenvalue weighted by molar-refractivity contribution is -0.115. The zero-order valence-electron chi connectivity index (χ0n) is 14.5. The van der Waals surface area contributed by atoms with Crippen molar-refractivity contribution < 1.29 is 4.79 Å². The van der Waals surface area contributed by atoms with Crippen molar-refractivity contribution in [2.75, 3.05) is 0 Å². The second-order valence-corrected chi connectivity index (χ2v) is 7.19. The number of aliphatic imine (C=N–C) groups is 1. The lowest BCUT2D eigenvalue weighted by atomic mass is 10.1. The van der Waals surface area contributed by atoms with E-state index in [-0.39, 0.29) is 5.91 Å². The fraction of sp³-hybridized carbons (Fsp3) is 0.150. The van der Waals surface area contributed by atoms with Crippen LogP contribution < -0.4 is 10.6 Å². The summed E-state index contributed by atoms with van der Waals surface area (Å²) >= 11 is 1.58. The van der Waals surface area contributed by atoms with Gasteiger partial charge in [0, 0.05) is 0 Å². The molecule has 4 rings (SSSR count). The van der Waals surface area contributed by atoms with Gasteiger partial charge in [-0.1, -0.05) is 24.3 Å². The number of rotatable bonds is 3. The van der Waals surface area contributed by atoms with E-state index >= 15 is 0 Å². The minimum Gasteiger partial charge on any atom is -0.321 e. The van der Waals surface area contributed by atoms with Crippen LogP contribution in [0.25, 0.3) is 16.3 Å². The maximum atomic E-state index is 12.2. The van der Waals surface area contributed by atoms with Gasteiger partial charge in [0.25, 0.3) is 5.91 Å². The Bertz CT molecular complexity index is 1060. The summed E-state index contributed by atoms with van der Waals surface area (Å²) in [6.07, 6.45) is 1.83. The maximum absolute atomic E-state index is 12.2. The molecular weight excluding hydrogens is 344 g/mol. The number of guanidine groups is 1. The fourth-order valence-electron chi connectivity index (χ4n) is 2.77. The molecule has 6 heteroatoms. The number of aromatic nitrogens is 1. The zero-order chi connectivity index (χ0) is 18.1. The Labute approximate surface area is 155 Å². The molecule has 1 fully saturated rings. The lowest BCUT2D eigenvalue weighted by Crippen LogP contribution is -2.25. The maximum Gasteiger partial charge on any atom is 0.274 e. The normalized spacial score (nSPS) is 17.1. The number of nitrogens with one attached hydrogen (secondary N) is 2. The van der Waals surface area contributed by atoms with Gasteiger partial charge in [0.2, 0.25) is 5.96 Å². The van der Waals surface area contributed by atoms with E-state index in [4.69, 9.17) is 0 Å². The van der Waals surface area contributed by atoms with E-state index in [0.717, 1.165) is 21.3 Å². The van der Waals surface area contributed by atoms with Crippen LogP contribution in [0.1, 0.15) is 22.3 Å². The Balaban J connectivity index is 1.51. The van der Waals surface area contributed by atoms with Gasteiger partial charge in [0.15, 0.2) is 0 Å². The number of carbonyl (C=O) groups is 1. The number of hydrogen-bond donors (Lipinski definition) is 2. The molecule has 130 valence electrons. The highest BCUT2D eigenvalue weighted by atomic mass is 32.1. The summed E-state index contributed by atoms with van der Waals surface area (Å²) in [6.45, 7) is 4.69. The monoisotopic (exact) mass is 362 g/mol. The SMILES string of the molecule is Cc1ccc(CN=C2NC(=O)/C(=C/c3ccc4ncsc4c3)N2)cc1C. The predicted molar refractivity (Wildman–Crippen MR) is 106 cm³/mol. The number of nitrogens with zero attached hydrogens (tertiary/aromatic N) is 2. The summed E-state index contributed by atoms with van der Waals surface area (Å²) < 4.78 is 1.10. The van der Waals surface area contributed by atoms with Crippen LogP contribution in [-0.2, 0) is 11.3 Å². The molecule has 0 radical (unpaired) electrons. The van der Waals surface area contributed by atoms with Crippen LogP contribution in [0.15, 0.2) is 52.6 Å². The molecular formula is C20H18N4OS. The third-order valence-electron chi connectivity index (χ3n) is 4.39. The van der Waals surface area contributed by atoms with Crippen LogP contribution in [0.4, 0.5) is 0 Å². The first kappa shape index (κ1) is 16.5. The van der Waals surface area contributed by atoms with E-state index in [0.29, 0.717) is 18.2 Å². The largest absolute Gasteiger partial charge is 0.321 e. The predicted octanol–water partition coefficient (Wildman–Crippen LogP) is 3.53. The Hall–Kier alpha value is -2.99. The topological polar surface area (TPSA) is 66.4 Å². The van der Waals surface area contributed by atoms with Crippen molar-refractivity contribution in [2.45, 2.75) is 20.4 Å². The summed E-state index contributed by atoms with van der Waals surface area (Å²) in [7, 11) is 0. The number of thiazole rings is 1. The molecule has 1 saturated heterocycles. The van der Waals surface area contributed by atoms with Gasteiger partial charge in [-0.2, -0.15) is 0 Å². The standard InChI is InChI=1S/C20H18N4OS/c1-12-3-4-15(7-13(12)2)10-21-20-23-17(19(25)24-20)8-14-5-6-16-18(9-14)26-11-22-16/h3-9,11H,10H2,1-2H3,(H2,21,23,24,25)/b17-8-. The molecule has 5 nitrogen and oxygen atoms in total. The highest BCUT2D eigenvalue weighted by Crippen LogP contribution is 2.20. The highest BCUT2D eigenvalue weighted by molar-refractivity contribution is 7.16. The number of amides is 1. The van der Waals surface area contributed by atoms with Crippen molar-refractivity contribution in [3.63, 3.8) is 0 Å². The van der Waals surface area contributed by atoms with Crippen LogP contribution >= 0.6 is 11.3 Å². The minimum atomic E-state index is -0.173. The number of carbonyl (C=O) groups excluding carboxylic acids is 1. The molecule has 1 amide bonds. The Morgan fingerprint density at radius 3 is 2.85 bits per heavy atom. The molecule has 0 bridgehead atoms. The first-order valence-electron chi connectivity index (χ1n) is 8.32. The van der Waals surface area contributed by atoms with Crippen LogP contribution in [0, 0.1) is 13.8 Å². The van der Waals surface area contributed by atoms with Gasteiger partial charge in [-0.15, -0.1) is 11.3 Å². The van der Waals surface area contributed by atoms with Crippen molar-refractivity contribution in [2.24, 2.45) is 4.99 Å². The quantitative estimate of drug-likeness (QED) is 0.701. The second-order valence-electron chi connectivity index (χ2n) is 6.30. The molecule has 0 spiro atoms. The van der Waals surface area contributed by atoms with Crippen molar-refractivity contribution in [3.8, 4) is 0 Å². The van der Waals surface area contributed by atoms with E-state index in [1.165, 1.54) is 11.1 Å². The highest BCUT2D eigenvalue weighted by Gasteiger charge is 2.21. The Kier molecular flexibility index (Phi) is 4.26. The van der Waals surface area contributed by atoms with Crippen LogP contribution in [0.3, 0.4) is 0 Å². The van der Waals surface area contributed by atoms with E-state index in [2.05, 4.69) is 52.7 Å². The van der Waals surface area contributed by atoms with Gasteiger partial charge in [-0.3, -0.25) is 10.1 Å². The number of hydrogen-bond acceptors (Lipinski definition) is 4. The van der Waals surface area contributed by atoms with E-state index in [1.807, 2.05) is 29.8 Å². The van der Waals surface area contributed by atoms with E-state index in [9.17, 15) is 4.79 Å². The molecule has 3 aromatic rings. The van der Waals surface area contributed by atoms with Crippen molar-refractivity contribution >= 4 is 39.5 Å². The summed E-state index contributed by atoms with van der Waals surface area (Å²) in [5, 5.41) is 5.84. The summed E-state index contributed by atoms with van der Waals surface area (Å²) in [6, 6.07) is 12.2. The summed E-state index contributed by atoms with van der Waals surface area (Å²) in [5.74, 6) is 0.312. The summed E-state index contributed by atoms with van der Waals surface area (Å²) in [5.41, 5.74) is 7.85. The molecule has 0 atom stereocenters. The third kappa shape index (κ3) is 3.36. The molecule has 26 heavy (non-hydrogen) atoms. The van der Waals surface area contributed by atoms with E-state index < -0.39 is 0 Å². The molecule has 1 aliphatic heterocycles. The number of fused-ring (bicyclic) bond motifs is 1. The molecule has 2 N–H and O–H groups in total. The third-order valence-corrected chi connectivity index (χ3v) is 5.18. The van der Waals surface area contributed by atoms with E-state index in [1.54, 1.807) is 11.3 Å². The van der Waals surface area contributed by atoms with Crippen LogP contribution in [0.5, 0.6) is 0 Å². The molecule has 0 aliphatic carbocycles. The Morgan fingerprint density at radius 1 is 1.12 bits per heavy atom. The second kappa shape index (κ2) is 6.72. The average Bonchev–Trinajstić information content (AvgIpc) is 3.22. The van der Waals surface area contributed by atoms with Crippen molar-refractivity contribution in [1.29, 1.82) is 0 Å². The van der Waals surface area contributed by atoms with Crippen LogP contribution in [-0.4, -0.2) is 16.9 Å². The molecule has 2 aromatic carbocycles. The molecule has 2 heterocycles. The molecule has 1 aliphatic rings. The van der Waals surface area contributed by atoms with Gasteiger partial charge >= 0.3 is 0 Å². The van der Waals surface area contributed by atoms with Gasteiger partial charge in [0.1, 0.15) is 5.70 Å². The first-order valence-corrected chi connectivity index (χ1v) is 9.20. The summed E-state index contributed by atoms with van der Waals surface area (Å²) in [4.78, 5) is 20.9. The Morgan fingerprint density at radius 2 is 2.00 bits per heavy atom. The molecule has 0 unspecified atom stereocenters. The molecule has 1 aromatic heterocycles. The zero-order valence-corrected chi connectivity index (χ0v) is 15.4. The molecule has 0 saturated carbocycles. The van der Waals surface area contributed by atoms with Crippen LogP contribution in [0.2, 0.25) is 0 Å². The average molecular weight is 362 g/mol.